The summed E-state index contributed by atoms with van der Waals surface area (Å²) in [7, 11) is 1.82. The Morgan fingerprint density at radius 1 is 0.600 bits per heavy atom. The first-order valence-corrected chi connectivity index (χ1v) is 23.3. The van der Waals surface area contributed by atoms with Crippen molar-refractivity contribution in [2.45, 2.75) is 47.0 Å². The maximum atomic E-state index is 13.6. The lowest BCUT2D eigenvalue weighted by Gasteiger charge is -2.14. The number of imidazole rings is 3. The summed E-state index contributed by atoms with van der Waals surface area (Å²) in [6, 6.07) is 18.4. The Kier molecular flexibility index (Phi) is 15.1. The molecular formula is C54H42F6N12O2S. The zero-order chi connectivity index (χ0) is 53.6. The summed E-state index contributed by atoms with van der Waals surface area (Å²) < 4.78 is 86.0. The summed E-state index contributed by atoms with van der Waals surface area (Å²) in [4.78, 5) is 51.5. The molecule has 0 spiro atoms. The monoisotopic (exact) mass is 1040 g/mol. The van der Waals surface area contributed by atoms with E-state index in [0.29, 0.717) is 49.9 Å². The van der Waals surface area contributed by atoms with Gasteiger partial charge in [-0.15, -0.1) is 0 Å². The van der Waals surface area contributed by atoms with Crippen LogP contribution in [0.2, 0.25) is 0 Å². The molecule has 5 heterocycles. The summed E-state index contributed by atoms with van der Waals surface area (Å²) in [5.41, 5.74) is 4.19. The van der Waals surface area contributed by atoms with Crippen molar-refractivity contribution in [3.8, 4) is 35.1 Å². The predicted molar refractivity (Wildman–Crippen MR) is 272 cm³/mol. The Bertz CT molecular complexity index is 3730. The molecule has 4 aromatic carbocycles. The molecule has 0 aliphatic carbocycles. The number of aryl methyl sites for hydroxylation is 6. The van der Waals surface area contributed by atoms with E-state index in [1.165, 1.54) is 45.3 Å². The Hall–Kier alpha value is -9.34. The van der Waals surface area contributed by atoms with Crippen LogP contribution in [0.15, 0.2) is 129 Å². The summed E-state index contributed by atoms with van der Waals surface area (Å²) in [5.74, 6) is 12.3. The van der Waals surface area contributed by atoms with Crippen molar-refractivity contribution < 1.29 is 35.9 Å². The van der Waals surface area contributed by atoms with Crippen LogP contribution in [-0.4, -0.2) is 55.4 Å². The second-order valence-corrected chi connectivity index (χ2v) is 17.9. The number of amides is 2. The van der Waals surface area contributed by atoms with E-state index in [-0.39, 0.29) is 33.9 Å². The summed E-state index contributed by atoms with van der Waals surface area (Å²) in [6.07, 6.45) is 3.41. The minimum absolute atomic E-state index is 0.00274. The number of rotatable bonds is 8. The lowest BCUT2D eigenvalue weighted by Crippen LogP contribution is -2.14. The van der Waals surface area contributed by atoms with Crippen molar-refractivity contribution in [1.29, 1.82) is 0 Å². The highest BCUT2D eigenvalue weighted by Crippen LogP contribution is 2.35. The predicted octanol–water partition coefficient (Wildman–Crippen LogP) is 11.4. The fourth-order valence-corrected chi connectivity index (χ4v) is 7.76. The highest BCUT2D eigenvalue weighted by molar-refractivity contribution is 7.16. The van der Waals surface area contributed by atoms with E-state index in [1.807, 2.05) is 20.9 Å². The first kappa shape index (κ1) is 52.0. The largest absolute Gasteiger partial charge is 0.416 e. The third-order valence-electron chi connectivity index (χ3n) is 11.0. The van der Waals surface area contributed by atoms with E-state index in [4.69, 9.17) is 0 Å². The van der Waals surface area contributed by atoms with Crippen LogP contribution in [0.1, 0.15) is 81.9 Å². The molecule has 14 nitrogen and oxygen atoms in total. The maximum Gasteiger partial charge on any atom is 0.416 e. The number of hydrogen-bond acceptors (Lipinski definition) is 10. The third kappa shape index (κ3) is 13.4. The zero-order valence-corrected chi connectivity index (χ0v) is 41.5. The summed E-state index contributed by atoms with van der Waals surface area (Å²) >= 11 is 1.34. The molecule has 378 valence electrons. The van der Waals surface area contributed by atoms with E-state index in [2.05, 4.69) is 69.5 Å². The van der Waals surface area contributed by atoms with Gasteiger partial charge in [0.05, 0.1) is 58.8 Å². The van der Waals surface area contributed by atoms with Gasteiger partial charge < -0.3 is 29.7 Å². The average Bonchev–Trinajstić information content (AvgIpc) is 4.20. The van der Waals surface area contributed by atoms with Gasteiger partial charge in [0.25, 0.3) is 11.8 Å². The lowest BCUT2D eigenvalue weighted by molar-refractivity contribution is -0.138. The Balaban J connectivity index is 0.000000203. The molecule has 0 saturated carbocycles. The minimum atomic E-state index is -4.60. The van der Waals surface area contributed by atoms with Gasteiger partial charge in [-0.25, -0.2) is 29.9 Å². The zero-order valence-electron chi connectivity index (χ0n) is 40.6. The Morgan fingerprint density at radius 3 is 1.60 bits per heavy atom. The third-order valence-corrected chi connectivity index (χ3v) is 11.8. The molecule has 9 rings (SSSR count). The van der Waals surface area contributed by atoms with Gasteiger partial charge in [0.15, 0.2) is 5.13 Å². The van der Waals surface area contributed by atoms with Crippen molar-refractivity contribution in [2.75, 3.05) is 16.0 Å². The van der Waals surface area contributed by atoms with Crippen LogP contribution in [0, 0.1) is 58.3 Å². The number of hydrogen-bond donors (Lipinski definition) is 3. The molecule has 0 aliphatic heterocycles. The van der Waals surface area contributed by atoms with Crippen molar-refractivity contribution in [2.24, 2.45) is 7.05 Å². The number of nitrogens with zero attached hydrogens (tertiary/aromatic N) is 9. The molecule has 9 aromatic rings. The molecular weight excluding hydrogens is 995 g/mol. The van der Waals surface area contributed by atoms with Gasteiger partial charge in [0, 0.05) is 70.6 Å². The highest BCUT2D eigenvalue weighted by atomic mass is 32.1. The quantitative estimate of drug-likeness (QED) is 0.0993. The normalized spacial score (nSPS) is 11.1. The van der Waals surface area contributed by atoms with E-state index in [1.54, 1.807) is 105 Å². The smallest absolute Gasteiger partial charge is 0.327 e. The van der Waals surface area contributed by atoms with E-state index >= 15 is 0 Å². The van der Waals surface area contributed by atoms with Gasteiger partial charge >= 0.3 is 12.4 Å². The molecule has 21 heteroatoms. The molecule has 0 saturated heterocycles. The Labute approximate surface area is 429 Å². The molecule has 2 amide bonds. The van der Waals surface area contributed by atoms with Crippen molar-refractivity contribution >= 4 is 45.5 Å². The van der Waals surface area contributed by atoms with Crippen molar-refractivity contribution in [3.63, 3.8) is 0 Å². The van der Waals surface area contributed by atoms with Crippen LogP contribution < -0.4 is 16.0 Å². The molecule has 0 fully saturated rings. The molecule has 0 atom stereocenters. The number of thiazole rings is 1. The number of carbonyl (C=O) groups is 2. The number of benzene rings is 4. The van der Waals surface area contributed by atoms with Gasteiger partial charge in [0.1, 0.15) is 17.3 Å². The second kappa shape index (κ2) is 21.8. The SMILES string of the molecule is Cc1cn(-c2cc(NC(=O)c3ccc(C)c(C#Cc4cnc(Nc5ccnc(C)n5)s4)c3)cc(C(F)(F)F)c2)cn1.Cc1cn(-c2cc(NC(=O)c3ccc(C)c(C#Cc4cncn4C)c3)cc(C(F)(F)F)c2)cn1. The van der Waals surface area contributed by atoms with E-state index < -0.39 is 35.3 Å². The summed E-state index contributed by atoms with van der Waals surface area (Å²) in [6.45, 7) is 8.98. The molecule has 75 heavy (non-hydrogen) atoms. The lowest BCUT2D eigenvalue weighted by atomic mass is 10.0. The van der Waals surface area contributed by atoms with Crippen molar-refractivity contribution in [3.05, 3.63) is 201 Å². The van der Waals surface area contributed by atoms with Crippen LogP contribution in [0.25, 0.3) is 11.4 Å². The average molecular weight is 1040 g/mol. The molecule has 0 unspecified atom stereocenters. The van der Waals surface area contributed by atoms with Crippen LogP contribution in [0.3, 0.4) is 0 Å². The summed E-state index contributed by atoms with van der Waals surface area (Å²) in [5, 5.41) is 8.89. The molecule has 0 bridgehead atoms. The number of aromatic nitrogens is 9. The van der Waals surface area contributed by atoms with Crippen LogP contribution in [0.5, 0.6) is 0 Å². The molecule has 3 N–H and O–H groups in total. The van der Waals surface area contributed by atoms with Gasteiger partial charge in [-0.3, -0.25) is 9.59 Å². The molecule has 5 aromatic heterocycles. The van der Waals surface area contributed by atoms with E-state index in [9.17, 15) is 35.9 Å². The van der Waals surface area contributed by atoms with Gasteiger partial charge in [-0.1, -0.05) is 35.3 Å². The standard InChI is InChI=1S/C29H22F3N7OS.C25H20F3N5O/c1-17-4-5-21(10-20(17)6-7-25-14-34-28(41-25)38-26-8-9-33-19(3)36-26)27(40)37-23-11-22(29(30,31)32)12-24(13-23)39-15-18(2)35-16-39;1-16-4-5-19(8-18(16)6-7-22-12-29-14-32(22)3)24(34)31-21-9-20(25(26,27)28)10-23(11-21)33-13-17(2)30-15-33/h4-5,8-16H,1-3H3,(H,37,40)(H,33,34,36,38);4-5,8-15H,1-3H3,(H,31,34). The number of carbonyl (C=O) groups excluding carboxylic acids is 2. The van der Waals surface area contributed by atoms with Crippen LogP contribution >= 0.6 is 11.3 Å². The minimum Gasteiger partial charge on any atom is -0.327 e. The number of halogens is 6. The number of anilines is 4. The van der Waals surface area contributed by atoms with Gasteiger partial charge in [-0.2, -0.15) is 26.3 Å². The van der Waals surface area contributed by atoms with E-state index in [0.717, 1.165) is 35.4 Å². The van der Waals surface area contributed by atoms with Gasteiger partial charge in [-0.05, 0) is 124 Å². The number of alkyl halides is 6. The van der Waals surface area contributed by atoms with Crippen LogP contribution in [0.4, 0.5) is 48.7 Å². The molecule has 0 radical (unpaired) electrons. The first-order valence-electron chi connectivity index (χ1n) is 22.5. The fourth-order valence-electron chi connectivity index (χ4n) is 7.08. The first-order chi connectivity index (χ1) is 35.6. The fraction of sp³-hybridized carbons (Fsp3) is 0.148. The van der Waals surface area contributed by atoms with Crippen LogP contribution in [-0.2, 0) is 19.4 Å². The topological polar surface area (TPSA) is 162 Å². The number of nitrogens with one attached hydrogen (secondary N) is 3. The van der Waals surface area contributed by atoms with Gasteiger partial charge in [0.2, 0.25) is 0 Å². The highest BCUT2D eigenvalue weighted by Gasteiger charge is 2.33. The Morgan fingerprint density at radius 2 is 1.13 bits per heavy atom. The van der Waals surface area contributed by atoms with Crippen molar-refractivity contribution in [1.82, 2.24) is 43.6 Å². The molecule has 0 aliphatic rings. The maximum absolute atomic E-state index is 13.6. The second-order valence-electron chi connectivity index (χ2n) is 16.9.